The van der Waals surface area contributed by atoms with Gasteiger partial charge in [-0.3, -0.25) is 0 Å². The highest BCUT2D eigenvalue weighted by Crippen LogP contribution is 2.48. The number of hydrogen-bond donors (Lipinski definition) is 0. The molecule has 606 valence electrons. The van der Waals surface area contributed by atoms with Crippen molar-refractivity contribution in [3.05, 3.63) is 0 Å². The standard InChI is InChI=1S/4C9H19F.C9H18O.C9H20.2C8H16F2.C8H15F.C7H14F2.CH4/c4*1-6-9(5,10)7-8(2,3)4;1-8(2,3)5-9(4)6-10-7-9;1-8(2,3)7-9(4,5)6;2*1-5-8(9,10)6-7(2,3)4;1-7(2,3)6-8(9)4-5-8;1-6(2,3)5-7(4,8)9;/h4*6-7H2,1-5H3;5-7H2,1-4H3;7H2,1-6H3;2*5-6H2,1-4H3;4-6H2,1-3H3;5H2,1-4H3;1H4/t4*9-;;;;;;;/m1100......./s1. The van der Waals surface area contributed by atoms with Gasteiger partial charge in [-0.05, 0) is 178 Å². The van der Waals surface area contributed by atoms with Gasteiger partial charge in [0.1, 0.15) is 28.3 Å². The van der Waals surface area contributed by atoms with Crippen LogP contribution in [-0.2, 0) is 4.74 Å². The van der Waals surface area contributed by atoms with Crippen LogP contribution < -0.4 is 0 Å². The second kappa shape index (κ2) is 44.3. The van der Waals surface area contributed by atoms with Crippen molar-refractivity contribution in [1.82, 2.24) is 0 Å². The van der Waals surface area contributed by atoms with Crippen LogP contribution in [0.25, 0.3) is 0 Å². The first-order chi connectivity index (χ1) is 41.3. The van der Waals surface area contributed by atoms with Crippen LogP contribution in [0.2, 0.25) is 0 Å². The predicted octanol–water partition coefficient (Wildman–Crippen LogP) is 33.7. The molecule has 0 radical (unpaired) electrons. The predicted molar refractivity (Wildman–Crippen MR) is 419 cm³/mol. The zero-order valence-corrected chi connectivity index (χ0v) is 73.7. The van der Waals surface area contributed by atoms with E-state index >= 15 is 0 Å². The number of halogens is 11. The van der Waals surface area contributed by atoms with E-state index in [4.69, 9.17) is 4.74 Å². The molecule has 0 aromatic carbocycles. The summed E-state index contributed by atoms with van der Waals surface area (Å²) in [5.41, 5.74) is -2.93. The van der Waals surface area contributed by atoms with Crippen LogP contribution in [0.4, 0.5) is 48.3 Å². The van der Waals surface area contributed by atoms with Crippen molar-refractivity contribution in [3.63, 3.8) is 0 Å². The van der Waals surface area contributed by atoms with Gasteiger partial charge in [0.25, 0.3) is 0 Å². The molecule has 1 aliphatic heterocycles. The summed E-state index contributed by atoms with van der Waals surface area (Å²) in [5, 5.41) is 0. The van der Waals surface area contributed by atoms with Gasteiger partial charge in [0.2, 0.25) is 17.8 Å². The van der Waals surface area contributed by atoms with Gasteiger partial charge in [-0.25, -0.2) is 48.3 Å². The lowest BCUT2D eigenvalue weighted by atomic mass is 9.74. The van der Waals surface area contributed by atoms with Gasteiger partial charge in [0, 0.05) is 37.5 Å². The van der Waals surface area contributed by atoms with E-state index in [1.165, 1.54) is 26.7 Å². The Bertz CT molecular complexity index is 1570. The molecule has 0 bridgehead atoms. The third-order valence-electron chi connectivity index (χ3n) is 14.6. The Balaban J connectivity index is -0.000000128. The summed E-state index contributed by atoms with van der Waals surface area (Å²) in [7, 11) is 0. The van der Waals surface area contributed by atoms with E-state index in [0.717, 1.165) is 39.4 Å². The molecule has 1 saturated carbocycles. The molecule has 4 atom stereocenters. The van der Waals surface area contributed by atoms with Gasteiger partial charge in [-0.1, -0.05) is 284 Å². The molecule has 2 rings (SSSR count). The molecule has 0 unspecified atom stereocenters. The summed E-state index contributed by atoms with van der Waals surface area (Å²) in [4.78, 5) is 0. The van der Waals surface area contributed by atoms with Crippen LogP contribution in [0.3, 0.4) is 0 Å². The quantitative estimate of drug-likeness (QED) is 0.149. The van der Waals surface area contributed by atoms with Gasteiger partial charge in [0.15, 0.2) is 0 Å². The van der Waals surface area contributed by atoms with Crippen molar-refractivity contribution in [3.8, 4) is 0 Å². The molecule has 0 N–H and O–H groups in total. The first-order valence-corrected chi connectivity index (χ1v) is 37.5. The Morgan fingerprint density at radius 1 is 0.255 bits per heavy atom. The second-order valence-corrected chi connectivity index (χ2v) is 44.4. The first-order valence-electron chi connectivity index (χ1n) is 37.5. The molecule has 2 aliphatic rings. The van der Waals surface area contributed by atoms with Crippen LogP contribution >= 0.6 is 0 Å². The topological polar surface area (TPSA) is 9.23 Å². The van der Waals surface area contributed by atoms with E-state index < -0.39 is 46.1 Å². The Kier molecular flexibility index (Phi) is 52.3. The molecule has 1 saturated heterocycles. The molecular weight excluding hydrogens is 1260 g/mol. The van der Waals surface area contributed by atoms with E-state index in [2.05, 4.69) is 173 Å². The van der Waals surface area contributed by atoms with Gasteiger partial charge in [-0.15, -0.1) is 0 Å². The minimum atomic E-state index is -2.52. The highest BCUT2D eigenvalue weighted by Gasteiger charge is 2.45. The molecule has 0 aromatic heterocycles. The largest absolute Gasteiger partial charge is 0.380 e. The Labute approximate surface area is 609 Å². The van der Waals surface area contributed by atoms with Crippen molar-refractivity contribution < 1.29 is 53.0 Å². The second-order valence-electron chi connectivity index (χ2n) is 44.4. The van der Waals surface area contributed by atoms with Gasteiger partial charge in [0.05, 0.1) is 13.2 Å². The summed E-state index contributed by atoms with van der Waals surface area (Å²) < 4.78 is 146. The lowest BCUT2D eigenvalue weighted by Crippen LogP contribution is -2.42. The Hall–Kier alpha value is -0.810. The van der Waals surface area contributed by atoms with Crippen LogP contribution in [0.5, 0.6) is 0 Å². The number of hydrogen-bond acceptors (Lipinski definition) is 1. The normalized spacial score (nSPS) is 17.6. The van der Waals surface area contributed by atoms with Crippen molar-refractivity contribution in [2.24, 2.45) is 65.0 Å². The maximum Gasteiger partial charge on any atom is 0.248 e. The molecule has 0 spiro atoms. The molecule has 0 amide bonds. The van der Waals surface area contributed by atoms with Crippen LogP contribution in [0.15, 0.2) is 0 Å². The molecule has 0 aromatic rings. The minimum Gasteiger partial charge on any atom is -0.380 e. The fraction of sp³-hybridized carbons (Fsp3) is 1.00. The fourth-order valence-corrected chi connectivity index (χ4v) is 12.3. The van der Waals surface area contributed by atoms with Crippen LogP contribution in [-0.4, -0.2) is 59.3 Å². The van der Waals surface area contributed by atoms with E-state index in [9.17, 15) is 48.3 Å². The van der Waals surface area contributed by atoms with Crippen molar-refractivity contribution in [1.29, 1.82) is 0 Å². The molecule has 1 nitrogen and oxygen atoms in total. The summed E-state index contributed by atoms with van der Waals surface area (Å²) in [6.45, 7) is 90.6. The summed E-state index contributed by atoms with van der Waals surface area (Å²) in [6.07, 6.45) is 9.78. The molecule has 12 heteroatoms. The summed E-state index contributed by atoms with van der Waals surface area (Å²) in [6, 6.07) is 0. The molecular formula is C86H179F11O. The zero-order valence-electron chi connectivity index (χ0n) is 73.7. The van der Waals surface area contributed by atoms with Gasteiger partial charge in [-0.2, -0.15) is 0 Å². The average Bonchev–Trinajstić information content (AvgIpc) is 1.55. The lowest BCUT2D eigenvalue weighted by Gasteiger charge is -2.42. The number of alkyl halides is 11. The summed E-state index contributed by atoms with van der Waals surface area (Å²) in [5.74, 6) is -7.46. The van der Waals surface area contributed by atoms with Crippen molar-refractivity contribution in [2.45, 2.75) is 481 Å². The fourth-order valence-electron chi connectivity index (χ4n) is 12.3. The Morgan fingerprint density at radius 3 is 0.480 bits per heavy atom. The molecule has 2 fully saturated rings. The lowest BCUT2D eigenvalue weighted by molar-refractivity contribution is -0.119. The van der Waals surface area contributed by atoms with Crippen LogP contribution in [0, 0.1) is 65.0 Å². The minimum absolute atomic E-state index is 0. The van der Waals surface area contributed by atoms with E-state index in [0.29, 0.717) is 73.0 Å². The maximum absolute atomic E-state index is 13.3. The Morgan fingerprint density at radius 2 is 0.439 bits per heavy atom. The van der Waals surface area contributed by atoms with Gasteiger partial charge < -0.3 is 4.74 Å². The van der Waals surface area contributed by atoms with Gasteiger partial charge >= 0.3 is 0 Å². The van der Waals surface area contributed by atoms with E-state index in [1.807, 2.05) is 90.0 Å². The van der Waals surface area contributed by atoms with E-state index in [-0.39, 0.29) is 82.9 Å². The smallest absolute Gasteiger partial charge is 0.248 e. The van der Waals surface area contributed by atoms with E-state index in [1.54, 1.807) is 27.7 Å². The number of ether oxygens (including phenoxy) is 1. The van der Waals surface area contributed by atoms with Crippen molar-refractivity contribution in [2.75, 3.05) is 13.2 Å². The first kappa shape index (κ1) is 116. The highest BCUT2D eigenvalue weighted by atomic mass is 19.3. The summed E-state index contributed by atoms with van der Waals surface area (Å²) >= 11 is 0. The maximum atomic E-state index is 13.3. The molecule has 1 heterocycles. The highest BCUT2D eigenvalue weighted by molar-refractivity contribution is 4.97. The average molecular weight is 1440 g/mol. The third-order valence-corrected chi connectivity index (χ3v) is 14.6. The zero-order chi connectivity index (χ0) is 80.8. The molecule has 98 heavy (non-hydrogen) atoms. The molecule has 1 aliphatic carbocycles. The van der Waals surface area contributed by atoms with Crippen molar-refractivity contribution >= 4 is 0 Å². The number of rotatable bonds is 15. The third kappa shape index (κ3) is 104. The van der Waals surface area contributed by atoms with Crippen LogP contribution in [0.1, 0.15) is 435 Å². The monoisotopic (exact) mass is 1440 g/mol. The SMILES string of the molecule is C.CC(C)(C)CC(C)(C)C.CC(C)(C)CC(C)(F)F.CC(C)(C)CC1(C)COC1.CC(C)(C)CC1(F)CC1.CCC(F)(F)CC(C)(C)C.CCC(F)(F)CC(C)(C)C.CC[C@@](C)(F)CC(C)(C)C.CC[C@@](C)(F)CC(C)(C)C.CC[C@](C)(F)CC(C)(C)C.CC[C@](C)(F)CC(C)(C)C.